The third-order valence-electron chi connectivity index (χ3n) is 3.46. The van der Waals surface area contributed by atoms with E-state index in [-0.39, 0.29) is 11.4 Å². The van der Waals surface area contributed by atoms with Crippen molar-refractivity contribution in [1.29, 1.82) is 10.5 Å². The molecule has 5 nitrogen and oxygen atoms in total. The molecule has 0 aliphatic carbocycles. The Morgan fingerprint density at radius 2 is 1.96 bits per heavy atom. The highest BCUT2D eigenvalue weighted by atomic mass is 79.9. The van der Waals surface area contributed by atoms with Gasteiger partial charge in [0.1, 0.15) is 34.3 Å². The van der Waals surface area contributed by atoms with Crippen LogP contribution in [0, 0.1) is 22.7 Å². The lowest BCUT2D eigenvalue weighted by atomic mass is 9.97. The molecule has 0 saturated carbocycles. The summed E-state index contributed by atoms with van der Waals surface area (Å²) in [5.41, 5.74) is 7.76. The summed E-state index contributed by atoms with van der Waals surface area (Å²) in [6.45, 7) is 0. The average molecular weight is 411 g/mol. The lowest BCUT2D eigenvalue weighted by Crippen LogP contribution is -2.03. The van der Waals surface area contributed by atoms with Gasteiger partial charge in [-0.05, 0) is 29.8 Å². The van der Waals surface area contributed by atoms with Gasteiger partial charge < -0.3 is 10.2 Å². The Kier molecular flexibility index (Phi) is 5.08. The highest BCUT2D eigenvalue weighted by Crippen LogP contribution is 2.37. The number of thioether (sulfide) groups is 1. The smallest absolute Gasteiger partial charge is 0.143 e. The molecule has 7 heteroatoms. The molecule has 0 unspecified atom stereocenters. The van der Waals surface area contributed by atoms with E-state index in [2.05, 4.69) is 33.1 Å². The van der Waals surface area contributed by atoms with Crippen molar-refractivity contribution in [2.24, 2.45) is 0 Å². The highest BCUT2D eigenvalue weighted by molar-refractivity contribution is 9.10. The molecule has 0 bridgehead atoms. The normalized spacial score (nSPS) is 10.2. The quantitative estimate of drug-likeness (QED) is 0.624. The highest BCUT2D eigenvalue weighted by Gasteiger charge is 2.20. The number of benzene rings is 1. The molecule has 2 N–H and O–H groups in total. The predicted molar refractivity (Wildman–Crippen MR) is 99.5 cm³/mol. The standard InChI is InChI=1S/C18H11BrN4OS/c19-12-4-1-3-11(7-12)16-14(8-20)17(22)23-18(15(16)9-21)25-10-13-5-2-6-24-13/h1-7H,10H2,(H2,22,23). The number of anilines is 1. The molecular formula is C18H11BrN4OS. The van der Waals surface area contributed by atoms with Gasteiger partial charge in [-0.2, -0.15) is 10.5 Å². The number of aromatic nitrogens is 1. The van der Waals surface area contributed by atoms with Crippen LogP contribution < -0.4 is 5.73 Å². The number of nitrogens with zero attached hydrogens (tertiary/aromatic N) is 3. The largest absolute Gasteiger partial charge is 0.468 e. The van der Waals surface area contributed by atoms with Gasteiger partial charge in [0.2, 0.25) is 0 Å². The van der Waals surface area contributed by atoms with Crippen LogP contribution in [0.1, 0.15) is 16.9 Å². The Morgan fingerprint density at radius 3 is 2.60 bits per heavy atom. The molecular weight excluding hydrogens is 400 g/mol. The van der Waals surface area contributed by atoms with Gasteiger partial charge in [0.25, 0.3) is 0 Å². The first-order chi connectivity index (χ1) is 12.1. The monoisotopic (exact) mass is 410 g/mol. The van der Waals surface area contributed by atoms with E-state index in [9.17, 15) is 10.5 Å². The molecule has 0 saturated heterocycles. The minimum Gasteiger partial charge on any atom is -0.468 e. The molecule has 0 aliphatic heterocycles. The number of halogens is 1. The molecule has 1 aromatic carbocycles. The van der Waals surface area contributed by atoms with E-state index < -0.39 is 0 Å². The van der Waals surface area contributed by atoms with Gasteiger partial charge in [-0.1, -0.05) is 39.8 Å². The molecule has 0 radical (unpaired) electrons. The summed E-state index contributed by atoms with van der Waals surface area (Å²) in [6, 6.07) is 15.3. The molecule has 3 aromatic rings. The van der Waals surface area contributed by atoms with Crippen molar-refractivity contribution >= 4 is 33.5 Å². The average Bonchev–Trinajstić information content (AvgIpc) is 3.12. The maximum atomic E-state index is 9.71. The Balaban J connectivity index is 2.15. The summed E-state index contributed by atoms with van der Waals surface area (Å²) in [6.07, 6.45) is 1.59. The van der Waals surface area contributed by atoms with Crippen LogP contribution in [0.15, 0.2) is 56.6 Å². The molecule has 0 aliphatic rings. The Bertz CT molecular complexity index is 1000. The number of furan rings is 1. The summed E-state index contributed by atoms with van der Waals surface area (Å²) in [5.74, 6) is 1.39. The zero-order valence-electron chi connectivity index (χ0n) is 12.9. The SMILES string of the molecule is N#Cc1c(N)nc(SCc2ccco2)c(C#N)c1-c1cccc(Br)c1. The van der Waals surface area contributed by atoms with Gasteiger partial charge in [0.15, 0.2) is 0 Å². The summed E-state index contributed by atoms with van der Waals surface area (Å²) in [7, 11) is 0. The van der Waals surface area contributed by atoms with E-state index >= 15 is 0 Å². The maximum absolute atomic E-state index is 9.71. The molecule has 2 heterocycles. The molecule has 0 spiro atoms. The van der Waals surface area contributed by atoms with E-state index in [0.29, 0.717) is 21.9 Å². The lowest BCUT2D eigenvalue weighted by molar-refractivity contribution is 0.530. The van der Waals surface area contributed by atoms with Crippen molar-refractivity contribution in [1.82, 2.24) is 4.98 Å². The van der Waals surface area contributed by atoms with Crippen molar-refractivity contribution in [2.45, 2.75) is 10.8 Å². The van der Waals surface area contributed by atoms with E-state index in [0.717, 1.165) is 15.8 Å². The van der Waals surface area contributed by atoms with E-state index in [1.807, 2.05) is 30.3 Å². The van der Waals surface area contributed by atoms with Gasteiger partial charge in [-0.3, -0.25) is 0 Å². The molecule has 3 rings (SSSR count). The fourth-order valence-corrected chi connectivity index (χ4v) is 3.67. The first-order valence-corrected chi connectivity index (χ1v) is 8.96. The lowest BCUT2D eigenvalue weighted by Gasteiger charge is -2.13. The van der Waals surface area contributed by atoms with Crippen molar-refractivity contribution < 1.29 is 4.42 Å². The third kappa shape index (κ3) is 3.53. The molecule has 2 aromatic heterocycles. The van der Waals surface area contributed by atoms with Crippen LogP contribution in [0.2, 0.25) is 0 Å². The number of nitriles is 2. The number of hydrogen-bond acceptors (Lipinski definition) is 6. The summed E-state index contributed by atoms with van der Waals surface area (Å²) >= 11 is 4.76. The van der Waals surface area contributed by atoms with Gasteiger partial charge in [-0.15, -0.1) is 0 Å². The minimum atomic E-state index is 0.110. The topological polar surface area (TPSA) is 99.6 Å². The number of rotatable bonds is 4. The third-order valence-corrected chi connectivity index (χ3v) is 4.95. The molecule has 25 heavy (non-hydrogen) atoms. The molecule has 0 fully saturated rings. The Hall–Kier alpha value is -2.74. The van der Waals surface area contributed by atoms with Gasteiger partial charge in [-0.25, -0.2) is 4.98 Å². The molecule has 122 valence electrons. The Morgan fingerprint density at radius 1 is 1.16 bits per heavy atom. The number of nitrogens with two attached hydrogens (primary N) is 1. The van der Waals surface area contributed by atoms with Crippen LogP contribution >= 0.6 is 27.7 Å². The molecule has 0 amide bonds. The zero-order valence-corrected chi connectivity index (χ0v) is 15.3. The van der Waals surface area contributed by atoms with E-state index in [4.69, 9.17) is 10.2 Å². The van der Waals surface area contributed by atoms with Crippen LogP contribution in [0.3, 0.4) is 0 Å². The fraction of sp³-hybridized carbons (Fsp3) is 0.0556. The van der Waals surface area contributed by atoms with Crippen LogP contribution in [0.4, 0.5) is 5.82 Å². The predicted octanol–water partition coefficient (Wildman–Crippen LogP) is 4.72. The van der Waals surface area contributed by atoms with Crippen molar-refractivity contribution in [3.05, 3.63) is 64.0 Å². The number of pyridine rings is 1. The van der Waals surface area contributed by atoms with Crippen LogP contribution in [0.5, 0.6) is 0 Å². The fourth-order valence-electron chi connectivity index (χ4n) is 2.37. The summed E-state index contributed by atoms with van der Waals surface area (Å²) in [4.78, 5) is 4.27. The van der Waals surface area contributed by atoms with Gasteiger partial charge >= 0.3 is 0 Å². The van der Waals surface area contributed by atoms with Crippen LogP contribution in [-0.4, -0.2) is 4.98 Å². The zero-order chi connectivity index (χ0) is 17.8. The van der Waals surface area contributed by atoms with Crippen molar-refractivity contribution in [3.8, 4) is 23.3 Å². The maximum Gasteiger partial charge on any atom is 0.143 e. The second-order valence-corrected chi connectivity index (χ2v) is 6.91. The Labute approximate surface area is 157 Å². The van der Waals surface area contributed by atoms with Crippen LogP contribution in [-0.2, 0) is 5.75 Å². The number of hydrogen-bond donors (Lipinski definition) is 1. The summed E-state index contributed by atoms with van der Waals surface area (Å²) < 4.78 is 6.16. The second kappa shape index (κ2) is 7.43. The van der Waals surface area contributed by atoms with Crippen molar-refractivity contribution in [3.63, 3.8) is 0 Å². The first-order valence-electron chi connectivity index (χ1n) is 7.18. The molecule has 0 atom stereocenters. The van der Waals surface area contributed by atoms with E-state index in [1.165, 1.54) is 11.8 Å². The van der Waals surface area contributed by atoms with Crippen molar-refractivity contribution in [2.75, 3.05) is 5.73 Å². The first kappa shape index (κ1) is 17.1. The van der Waals surface area contributed by atoms with Gasteiger partial charge in [0, 0.05) is 10.0 Å². The number of nitrogen functional groups attached to an aromatic ring is 1. The summed E-state index contributed by atoms with van der Waals surface area (Å²) in [5, 5.41) is 19.7. The minimum absolute atomic E-state index is 0.110. The van der Waals surface area contributed by atoms with Crippen LogP contribution in [0.25, 0.3) is 11.1 Å². The van der Waals surface area contributed by atoms with E-state index in [1.54, 1.807) is 12.3 Å². The van der Waals surface area contributed by atoms with Gasteiger partial charge in [0.05, 0.1) is 17.6 Å². The second-order valence-electron chi connectivity index (χ2n) is 5.03.